The van der Waals surface area contributed by atoms with Crippen molar-refractivity contribution in [2.75, 3.05) is 6.61 Å². The number of carbonyl (C=O) groups is 2. The molecule has 0 radical (unpaired) electrons. The first kappa shape index (κ1) is 64.0. The number of rotatable bonds is 50. The molecule has 6 heteroatoms. The molecule has 6 nitrogen and oxygen atoms in total. The highest BCUT2D eigenvalue weighted by Gasteiger charge is 2.24. The fourth-order valence-electron chi connectivity index (χ4n) is 8.21. The standard InChI is InChI=1S/C61H107NO5/c1-4-7-10-13-16-19-22-25-28-29-30-33-36-39-42-45-48-51-54-61(66)67-57(52-49-46-43-40-37-34-31-26-23-20-17-14-11-8-5-2)55-60(65)62-58(56-63)59(64)53-50-47-44-41-38-35-32-27-24-21-18-15-12-9-6-3/h16-17,19-20,22,25-26,28-31,33,37,40,57-59,63-64H,4-15,18,21,23-24,27,32,34-36,38-39,41-56H2,1-3H3,(H,62,65)/b19-16+,20-17-,25-22+,29-28+,31-26-,33-30+,40-37-. The Balaban J connectivity index is 4.68. The van der Waals surface area contributed by atoms with E-state index in [1.807, 2.05) is 0 Å². The van der Waals surface area contributed by atoms with Crippen LogP contribution in [0.25, 0.3) is 0 Å². The summed E-state index contributed by atoms with van der Waals surface area (Å²) in [6.07, 6.45) is 70.6. The van der Waals surface area contributed by atoms with E-state index in [1.54, 1.807) is 0 Å². The van der Waals surface area contributed by atoms with Crippen molar-refractivity contribution in [3.63, 3.8) is 0 Å². The van der Waals surface area contributed by atoms with Gasteiger partial charge in [-0.05, 0) is 89.9 Å². The highest BCUT2D eigenvalue weighted by atomic mass is 16.5. The largest absolute Gasteiger partial charge is 0.462 e. The summed E-state index contributed by atoms with van der Waals surface area (Å²) in [5.41, 5.74) is 0. The molecule has 3 atom stereocenters. The third-order valence-electron chi connectivity index (χ3n) is 12.5. The average Bonchev–Trinajstić information content (AvgIpc) is 3.32. The summed E-state index contributed by atoms with van der Waals surface area (Å²) in [4.78, 5) is 26.3. The van der Waals surface area contributed by atoms with Gasteiger partial charge in [0, 0.05) is 6.42 Å². The minimum atomic E-state index is -0.807. The van der Waals surface area contributed by atoms with E-state index in [0.29, 0.717) is 19.3 Å². The predicted molar refractivity (Wildman–Crippen MR) is 291 cm³/mol. The molecule has 0 fully saturated rings. The molecular formula is C61H107NO5. The molecule has 3 unspecified atom stereocenters. The number of hydrogen-bond donors (Lipinski definition) is 3. The van der Waals surface area contributed by atoms with Crippen LogP contribution in [-0.2, 0) is 14.3 Å². The van der Waals surface area contributed by atoms with Crippen LogP contribution in [0, 0.1) is 0 Å². The summed E-state index contributed by atoms with van der Waals surface area (Å²) in [6, 6.07) is -0.724. The van der Waals surface area contributed by atoms with Crippen LogP contribution in [0.2, 0.25) is 0 Å². The van der Waals surface area contributed by atoms with Crippen molar-refractivity contribution in [1.29, 1.82) is 0 Å². The molecule has 0 aromatic carbocycles. The van der Waals surface area contributed by atoms with Crippen LogP contribution < -0.4 is 5.32 Å². The number of aliphatic hydroxyl groups excluding tert-OH is 2. The Labute approximate surface area is 414 Å². The molecule has 386 valence electrons. The van der Waals surface area contributed by atoms with Crippen molar-refractivity contribution in [2.45, 2.75) is 283 Å². The number of carbonyl (C=O) groups excluding carboxylic acids is 2. The lowest BCUT2D eigenvalue weighted by molar-refractivity contribution is -0.151. The van der Waals surface area contributed by atoms with Gasteiger partial charge in [0.15, 0.2) is 0 Å². The molecule has 0 aliphatic rings. The van der Waals surface area contributed by atoms with E-state index in [1.165, 1.54) is 122 Å². The zero-order chi connectivity index (χ0) is 48.8. The van der Waals surface area contributed by atoms with E-state index in [0.717, 1.165) is 96.3 Å². The second kappa shape index (κ2) is 54.0. The fraction of sp³-hybridized carbons (Fsp3) is 0.738. The first-order valence-electron chi connectivity index (χ1n) is 28.4. The Morgan fingerprint density at radius 1 is 0.448 bits per heavy atom. The van der Waals surface area contributed by atoms with Crippen molar-refractivity contribution < 1.29 is 24.5 Å². The van der Waals surface area contributed by atoms with Crippen LogP contribution in [0.15, 0.2) is 85.1 Å². The molecule has 0 aliphatic carbocycles. The lowest BCUT2D eigenvalue weighted by atomic mass is 10.0. The van der Waals surface area contributed by atoms with Gasteiger partial charge in [-0.2, -0.15) is 0 Å². The topological polar surface area (TPSA) is 95.9 Å². The summed E-state index contributed by atoms with van der Waals surface area (Å²) in [7, 11) is 0. The molecule has 0 rings (SSSR count). The predicted octanol–water partition coefficient (Wildman–Crippen LogP) is 17.5. The van der Waals surface area contributed by atoms with Gasteiger partial charge >= 0.3 is 5.97 Å². The number of allylic oxidation sites excluding steroid dienone is 14. The van der Waals surface area contributed by atoms with E-state index in [9.17, 15) is 19.8 Å². The summed E-state index contributed by atoms with van der Waals surface area (Å²) < 4.78 is 5.93. The summed E-state index contributed by atoms with van der Waals surface area (Å²) >= 11 is 0. The lowest BCUT2D eigenvalue weighted by Crippen LogP contribution is -2.46. The molecule has 3 N–H and O–H groups in total. The summed E-state index contributed by atoms with van der Waals surface area (Å²) in [5, 5.41) is 23.9. The maximum atomic E-state index is 13.3. The number of ether oxygens (including phenoxy) is 1. The van der Waals surface area contributed by atoms with Gasteiger partial charge in [-0.1, -0.05) is 247 Å². The van der Waals surface area contributed by atoms with E-state index in [2.05, 4.69) is 111 Å². The van der Waals surface area contributed by atoms with Gasteiger partial charge in [0.2, 0.25) is 5.91 Å². The fourth-order valence-corrected chi connectivity index (χ4v) is 8.21. The van der Waals surface area contributed by atoms with Crippen LogP contribution in [0.3, 0.4) is 0 Å². The summed E-state index contributed by atoms with van der Waals surface area (Å²) in [5.74, 6) is -0.538. The van der Waals surface area contributed by atoms with E-state index in [-0.39, 0.29) is 24.9 Å². The monoisotopic (exact) mass is 934 g/mol. The molecule has 0 saturated carbocycles. The molecule has 0 aliphatic heterocycles. The van der Waals surface area contributed by atoms with Gasteiger partial charge in [-0.25, -0.2) is 0 Å². The SMILES string of the molecule is CCCCC/C=C\C/C=C\C/C=C\CCCCC(CC(=O)NC(CO)C(O)CCCCCCCCCCCCCCCCC)OC(=O)CCCCCCC/C=C/C=C/C=C/C=C/CCCCC. The van der Waals surface area contributed by atoms with Gasteiger partial charge in [-0.15, -0.1) is 0 Å². The average molecular weight is 935 g/mol. The Morgan fingerprint density at radius 2 is 0.821 bits per heavy atom. The Morgan fingerprint density at radius 3 is 1.33 bits per heavy atom. The molecule has 67 heavy (non-hydrogen) atoms. The van der Waals surface area contributed by atoms with Crippen molar-refractivity contribution in [3.8, 4) is 0 Å². The smallest absolute Gasteiger partial charge is 0.306 e. The number of aliphatic hydroxyl groups is 2. The Hall–Kier alpha value is -2.96. The van der Waals surface area contributed by atoms with Crippen molar-refractivity contribution in [2.24, 2.45) is 0 Å². The van der Waals surface area contributed by atoms with Gasteiger partial charge in [0.05, 0.1) is 25.2 Å². The first-order chi connectivity index (χ1) is 33.0. The molecule has 0 aromatic rings. The first-order valence-corrected chi connectivity index (χ1v) is 28.4. The van der Waals surface area contributed by atoms with Crippen LogP contribution in [0.1, 0.15) is 265 Å². The zero-order valence-corrected chi connectivity index (χ0v) is 44.0. The minimum absolute atomic E-state index is 0.0385. The normalized spacial score (nSPS) is 13.8. The number of unbranched alkanes of at least 4 members (excludes halogenated alkanes) is 27. The third kappa shape index (κ3) is 49.3. The van der Waals surface area contributed by atoms with Crippen molar-refractivity contribution in [3.05, 3.63) is 85.1 Å². The molecule has 1 amide bonds. The van der Waals surface area contributed by atoms with E-state index in [4.69, 9.17) is 4.74 Å². The zero-order valence-electron chi connectivity index (χ0n) is 44.0. The van der Waals surface area contributed by atoms with Crippen LogP contribution in [0.5, 0.6) is 0 Å². The molecule has 0 bridgehead atoms. The number of esters is 1. The minimum Gasteiger partial charge on any atom is -0.462 e. The van der Waals surface area contributed by atoms with Crippen LogP contribution in [0.4, 0.5) is 0 Å². The van der Waals surface area contributed by atoms with Crippen LogP contribution in [-0.4, -0.2) is 46.9 Å². The third-order valence-corrected chi connectivity index (χ3v) is 12.5. The highest BCUT2D eigenvalue weighted by molar-refractivity contribution is 5.77. The van der Waals surface area contributed by atoms with Gasteiger partial charge in [0.25, 0.3) is 0 Å². The maximum absolute atomic E-state index is 13.3. The molecule has 0 spiro atoms. The number of hydrogen-bond acceptors (Lipinski definition) is 5. The second-order valence-electron chi connectivity index (χ2n) is 19.1. The quantitative estimate of drug-likeness (QED) is 0.0244. The Bertz CT molecular complexity index is 1280. The molecule has 0 saturated heterocycles. The van der Waals surface area contributed by atoms with Crippen molar-refractivity contribution in [1.82, 2.24) is 5.32 Å². The van der Waals surface area contributed by atoms with Gasteiger partial charge in [-0.3, -0.25) is 9.59 Å². The van der Waals surface area contributed by atoms with Gasteiger partial charge in [0.1, 0.15) is 6.10 Å². The molecule has 0 heterocycles. The second-order valence-corrected chi connectivity index (χ2v) is 19.1. The highest BCUT2D eigenvalue weighted by Crippen LogP contribution is 2.17. The lowest BCUT2D eigenvalue weighted by Gasteiger charge is -2.24. The number of amides is 1. The van der Waals surface area contributed by atoms with Crippen LogP contribution >= 0.6 is 0 Å². The summed E-state index contributed by atoms with van der Waals surface area (Å²) in [6.45, 7) is 6.41. The molecular weight excluding hydrogens is 827 g/mol. The van der Waals surface area contributed by atoms with E-state index >= 15 is 0 Å². The van der Waals surface area contributed by atoms with Gasteiger partial charge < -0.3 is 20.3 Å². The Kier molecular flexibility index (Phi) is 51.6. The molecule has 0 aromatic heterocycles. The van der Waals surface area contributed by atoms with Crippen molar-refractivity contribution >= 4 is 11.9 Å². The maximum Gasteiger partial charge on any atom is 0.306 e. The number of nitrogens with one attached hydrogen (secondary N) is 1. The van der Waals surface area contributed by atoms with E-state index < -0.39 is 18.2 Å².